The van der Waals surface area contributed by atoms with Gasteiger partial charge < -0.3 is 4.55 Å². The third kappa shape index (κ3) is 1.48. The molecule has 0 spiro atoms. The summed E-state index contributed by atoms with van der Waals surface area (Å²) in [6.07, 6.45) is 1.77. The molecule has 0 saturated heterocycles. The van der Waals surface area contributed by atoms with E-state index in [9.17, 15) is 4.55 Å². The Hall–Kier alpha value is -1.72. The molecule has 0 bridgehead atoms. The van der Waals surface area contributed by atoms with E-state index in [-0.39, 0.29) is 0 Å². The van der Waals surface area contributed by atoms with Crippen LogP contribution in [0.4, 0.5) is 11.5 Å². The van der Waals surface area contributed by atoms with Gasteiger partial charge in [-0.2, -0.15) is 0 Å². The lowest BCUT2D eigenvalue weighted by molar-refractivity contribution is -0.627. The highest BCUT2D eigenvalue weighted by atomic mass is 32.2. The van der Waals surface area contributed by atoms with Crippen LogP contribution >= 0.6 is 0 Å². The van der Waals surface area contributed by atoms with Gasteiger partial charge in [0, 0.05) is 17.2 Å². The first kappa shape index (κ1) is 11.4. The molecule has 1 aliphatic heterocycles. The summed E-state index contributed by atoms with van der Waals surface area (Å²) in [7, 11) is 0. The molecule has 1 aliphatic rings. The highest BCUT2D eigenvalue weighted by molar-refractivity contribution is 7.92. The minimum absolute atomic E-state index is 0.764. The molecular weight excluding hydrogens is 246 g/mol. The maximum Gasteiger partial charge on any atom is 0.361 e. The van der Waals surface area contributed by atoms with Crippen LogP contribution in [0.3, 0.4) is 0 Å². The van der Waals surface area contributed by atoms with Crippen LogP contribution in [0.15, 0.2) is 52.4 Å². The molecule has 4 nitrogen and oxygen atoms in total. The van der Waals surface area contributed by atoms with Gasteiger partial charge in [0.1, 0.15) is 6.20 Å². The zero-order chi connectivity index (χ0) is 12.7. The van der Waals surface area contributed by atoms with Gasteiger partial charge in [0.2, 0.25) is 9.79 Å². The number of rotatable bonds is 1. The Morgan fingerprint density at radius 2 is 1.94 bits per heavy atom. The Labute approximate surface area is 109 Å². The average Bonchev–Trinajstić information content (AvgIpc) is 2.41. The van der Waals surface area contributed by atoms with Crippen LogP contribution < -0.4 is 15.4 Å². The monoisotopic (exact) mass is 260 g/mol. The second-order valence-corrected chi connectivity index (χ2v) is 5.50. The summed E-state index contributed by atoms with van der Waals surface area (Å²) in [5, 5.41) is 0. The van der Waals surface area contributed by atoms with E-state index in [1.54, 1.807) is 6.20 Å². The molecule has 92 valence electrons. The zero-order valence-electron chi connectivity index (χ0n) is 10.0. The van der Waals surface area contributed by atoms with Gasteiger partial charge in [0.15, 0.2) is 5.69 Å². The minimum atomic E-state index is -1.17. The predicted octanol–water partition coefficient (Wildman–Crippen LogP) is 1.33. The molecule has 1 atom stereocenters. The third-order valence-corrected chi connectivity index (χ3v) is 4.55. The van der Waals surface area contributed by atoms with Gasteiger partial charge in [-0.3, -0.25) is 5.84 Å². The van der Waals surface area contributed by atoms with Crippen LogP contribution in [0.25, 0.3) is 0 Å². The van der Waals surface area contributed by atoms with Gasteiger partial charge in [-0.1, -0.05) is 12.1 Å². The van der Waals surface area contributed by atoms with E-state index in [4.69, 9.17) is 5.84 Å². The fourth-order valence-electron chi connectivity index (χ4n) is 2.30. The van der Waals surface area contributed by atoms with Gasteiger partial charge in [-0.15, -0.1) is 4.68 Å². The van der Waals surface area contributed by atoms with Crippen molar-refractivity contribution in [2.75, 3.05) is 17.3 Å². The average molecular weight is 260 g/mol. The number of benzene rings is 1. The van der Waals surface area contributed by atoms with Crippen molar-refractivity contribution in [2.45, 2.75) is 16.7 Å². The Bertz CT molecular complexity index is 603. The van der Waals surface area contributed by atoms with Gasteiger partial charge in [0.25, 0.3) is 0 Å². The van der Waals surface area contributed by atoms with Crippen molar-refractivity contribution < 1.29 is 9.23 Å². The summed E-state index contributed by atoms with van der Waals surface area (Å²) in [4.78, 5) is 3.70. The largest absolute Gasteiger partial charge is 0.606 e. The lowest BCUT2D eigenvalue weighted by Crippen LogP contribution is -2.50. The molecule has 1 aromatic carbocycles. The van der Waals surface area contributed by atoms with Crippen LogP contribution in [0.1, 0.15) is 6.92 Å². The number of para-hydroxylation sites is 1. The van der Waals surface area contributed by atoms with Gasteiger partial charge >= 0.3 is 5.82 Å². The number of nitrogens with zero attached hydrogens (tertiary/aromatic N) is 2. The number of nitrogen functional groups attached to an aromatic ring is 1. The Morgan fingerprint density at radius 3 is 2.72 bits per heavy atom. The normalized spacial score (nSPS) is 17.2. The predicted molar refractivity (Wildman–Crippen MR) is 70.6 cm³/mol. The van der Waals surface area contributed by atoms with Crippen molar-refractivity contribution in [1.82, 2.24) is 0 Å². The summed E-state index contributed by atoms with van der Waals surface area (Å²) in [5.41, 5.74) is 0.969. The summed E-state index contributed by atoms with van der Waals surface area (Å²) in [6.45, 7) is 2.84. The Balaban J connectivity index is 2.29. The second-order valence-electron chi connectivity index (χ2n) is 4.08. The van der Waals surface area contributed by atoms with Gasteiger partial charge in [-0.05, 0) is 25.1 Å². The SMILES string of the molecule is CCN1c2ccccc2[S+]([O-])c2ccc[n+](N)c21. The minimum Gasteiger partial charge on any atom is -0.606 e. The van der Waals surface area contributed by atoms with Crippen molar-refractivity contribution in [3.63, 3.8) is 0 Å². The zero-order valence-corrected chi connectivity index (χ0v) is 10.9. The third-order valence-electron chi connectivity index (χ3n) is 3.09. The van der Waals surface area contributed by atoms with Gasteiger partial charge in [0.05, 0.1) is 6.54 Å². The second kappa shape index (κ2) is 4.19. The number of anilines is 2. The summed E-state index contributed by atoms with van der Waals surface area (Å²) in [6, 6.07) is 11.4. The molecule has 18 heavy (non-hydrogen) atoms. The topological polar surface area (TPSA) is 56.2 Å². The highest BCUT2D eigenvalue weighted by Crippen LogP contribution is 2.41. The Kier molecular flexibility index (Phi) is 2.65. The molecule has 5 heteroatoms. The molecule has 0 amide bonds. The molecule has 2 heterocycles. The van der Waals surface area contributed by atoms with E-state index in [0.29, 0.717) is 0 Å². The van der Waals surface area contributed by atoms with Crippen molar-refractivity contribution in [3.8, 4) is 0 Å². The molecule has 3 rings (SSSR count). The van der Waals surface area contributed by atoms with Crippen molar-refractivity contribution in [3.05, 3.63) is 42.6 Å². The van der Waals surface area contributed by atoms with E-state index >= 15 is 0 Å². The van der Waals surface area contributed by atoms with Crippen LogP contribution in [0, 0.1) is 0 Å². The number of pyridine rings is 1. The fraction of sp³-hybridized carbons (Fsp3) is 0.154. The molecule has 0 aliphatic carbocycles. The van der Waals surface area contributed by atoms with Crippen molar-refractivity contribution >= 4 is 22.7 Å². The number of aromatic nitrogens is 1. The van der Waals surface area contributed by atoms with E-state index in [1.807, 2.05) is 36.4 Å². The Morgan fingerprint density at radius 1 is 1.22 bits per heavy atom. The molecule has 1 aromatic heterocycles. The van der Waals surface area contributed by atoms with E-state index in [1.165, 1.54) is 4.68 Å². The first-order valence-corrected chi connectivity index (χ1v) is 6.97. The molecule has 0 fully saturated rings. The molecule has 2 aromatic rings. The highest BCUT2D eigenvalue weighted by Gasteiger charge is 2.41. The number of hydrogen-bond acceptors (Lipinski definition) is 3. The maximum absolute atomic E-state index is 12.5. The number of fused-ring (bicyclic) bond motifs is 2. The molecule has 1 unspecified atom stereocenters. The van der Waals surface area contributed by atoms with Gasteiger partial charge in [-0.25, -0.2) is 4.90 Å². The van der Waals surface area contributed by atoms with E-state index in [2.05, 4.69) is 11.8 Å². The van der Waals surface area contributed by atoms with Crippen LogP contribution in [-0.2, 0) is 11.2 Å². The van der Waals surface area contributed by atoms with E-state index in [0.717, 1.165) is 27.8 Å². The van der Waals surface area contributed by atoms with Crippen LogP contribution in [0.2, 0.25) is 0 Å². The van der Waals surface area contributed by atoms with Crippen molar-refractivity contribution in [1.29, 1.82) is 0 Å². The lowest BCUT2D eigenvalue weighted by atomic mass is 10.2. The molecular formula is C13H14N3OS+. The smallest absolute Gasteiger partial charge is 0.361 e. The van der Waals surface area contributed by atoms with Crippen LogP contribution in [0.5, 0.6) is 0 Å². The van der Waals surface area contributed by atoms with E-state index < -0.39 is 11.2 Å². The summed E-state index contributed by atoms with van der Waals surface area (Å²) < 4.78 is 14.1. The summed E-state index contributed by atoms with van der Waals surface area (Å²) >= 11 is -1.17. The fourth-order valence-corrected chi connectivity index (χ4v) is 3.69. The van der Waals surface area contributed by atoms with Crippen molar-refractivity contribution in [2.24, 2.45) is 0 Å². The first-order chi connectivity index (χ1) is 8.74. The molecule has 2 N–H and O–H groups in total. The lowest BCUT2D eigenvalue weighted by Gasteiger charge is -2.25. The number of nitrogens with two attached hydrogens (primary N) is 1. The van der Waals surface area contributed by atoms with Crippen LogP contribution in [-0.4, -0.2) is 11.1 Å². The number of hydrogen-bond donors (Lipinski definition) is 1. The molecule has 0 radical (unpaired) electrons. The maximum atomic E-state index is 12.5. The standard InChI is InChI=1S/C13H14N3OS/c1-2-15-10-6-3-4-7-11(10)18(17)12-8-5-9-16(14)13(12)15/h3-9H,2,14H2,1H3/q+1. The quantitative estimate of drug-likeness (QED) is 0.478. The summed E-state index contributed by atoms with van der Waals surface area (Å²) in [5.74, 6) is 6.77. The first-order valence-electron chi connectivity index (χ1n) is 5.82. The molecule has 0 saturated carbocycles.